The largest absolute Gasteiger partial charge is 0.381 e. The van der Waals surface area contributed by atoms with Crippen LogP contribution in [0.1, 0.15) is 32.1 Å². The fraction of sp³-hybridized carbons (Fsp3) is 0.867. The Morgan fingerprint density at radius 2 is 1.45 bits per heavy atom. The van der Waals surface area contributed by atoms with Gasteiger partial charge in [0.05, 0.1) is 12.5 Å². The number of amides is 2. The molecule has 5 heteroatoms. The first-order chi connectivity index (χ1) is 9.75. The molecule has 0 radical (unpaired) electrons. The van der Waals surface area contributed by atoms with Crippen LogP contribution in [-0.4, -0.2) is 61.0 Å². The Morgan fingerprint density at radius 1 is 0.800 bits per heavy atom. The van der Waals surface area contributed by atoms with Gasteiger partial charge in [0.25, 0.3) is 0 Å². The van der Waals surface area contributed by atoms with Gasteiger partial charge in [0.1, 0.15) is 0 Å². The SMILES string of the molecule is O=C(C1CCC1)N1CCCN(C(=O)C2CCOC2)CC1. The number of hydrogen-bond acceptors (Lipinski definition) is 3. The normalized spacial score (nSPS) is 28.1. The number of rotatable bonds is 2. The summed E-state index contributed by atoms with van der Waals surface area (Å²) >= 11 is 0. The summed E-state index contributed by atoms with van der Waals surface area (Å²) in [6.07, 6.45) is 5.04. The molecule has 112 valence electrons. The molecule has 1 saturated carbocycles. The molecule has 2 aliphatic heterocycles. The van der Waals surface area contributed by atoms with Crippen molar-refractivity contribution in [3.63, 3.8) is 0 Å². The first kappa shape index (κ1) is 13.9. The molecule has 0 aromatic rings. The van der Waals surface area contributed by atoms with Crippen LogP contribution in [0.3, 0.4) is 0 Å². The average molecular weight is 280 g/mol. The van der Waals surface area contributed by atoms with Crippen molar-refractivity contribution in [2.75, 3.05) is 39.4 Å². The van der Waals surface area contributed by atoms with Gasteiger partial charge in [-0.15, -0.1) is 0 Å². The second-order valence-electron chi connectivity index (χ2n) is 6.19. The maximum Gasteiger partial charge on any atom is 0.228 e. The highest BCUT2D eigenvalue weighted by Crippen LogP contribution is 2.28. The second-order valence-corrected chi connectivity index (χ2v) is 6.19. The van der Waals surface area contributed by atoms with Gasteiger partial charge in [-0.3, -0.25) is 9.59 Å². The summed E-state index contributed by atoms with van der Waals surface area (Å²) < 4.78 is 5.30. The Hall–Kier alpha value is -1.10. The van der Waals surface area contributed by atoms with E-state index in [0.717, 1.165) is 38.8 Å². The van der Waals surface area contributed by atoms with Crippen LogP contribution in [0.2, 0.25) is 0 Å². The van der Waals surface area contributed by atoms with Gasteiger partial charge in [-0.2, -0.15) is 0 Å². The van der Waals surface area contributed by atoms with E-state index in [1.165, 1.54) is 6.42 Å². The van der Waals surface area contributed by atoms with Crippen LogP contribution in [0.15, 0.2) is 0 Å². The number of carbonyl (C=O) groups excluding carboxylic acids is 2. The first-order valence-corrected chi connectivity index (χ1v) is 7.91. The van der Waals surface area contributed by atoms with Crippen molar-refractivity contribution in [1.29, 1.82) is 0 Å². The molecule has 1 unspecified atom stereocenters. The molecule has 0 spiro atoms. The van der Waals surface area contributed by atoms with Crippen molar-refractivity contribution < 1.29 is 14.3 Å². The van der Waals surface area contributed by atoms with Crippen LogP contribution in [0.5, 0.6) is 0 Å². The molecule has 20 heavy (non-hydrogen) atoms. The average Bonchev–Trinajstić information content (AvgIpc) is 2.80. The molecule has 5 nitrogen and oxygen atoms in total. The van der Waals surface area contributed by atoms with Gasteiger partial charge >= 0.3 is 0 Å². The zero-order valence-electron chi connectivity index (χ0n) is 12.1. The quantitative estimate of drug-likeness (QED) is 0.754. The third-order valence-corrected chi connectivity index (χ3v) is 4.85. The molecule has 2 heterocycles. The standard InChI is InChI=1S/C15H24N2O3/c18-14(12-3-1-4-12)16-6-2-7-17(9-8-16)15(19)13-5-10-20-11-13/h12-13H,1-11H2. The fourth-order valence-electron chi connectivity index (χ4n) is 3.26. The van der Waals surface area contributed by atoms with E-state index in [0.29, 0.717) is 32.2 Å². The lowest BCUT2D eigenvalue weighted by molar-refractivity contribution is -0.139. The molecular formula is C15H24N2O3. The van der Waals surface area contributed by atoms with Crippen molar-refractivity contribution in [3.8, 4) is 0 Å². The summed E-state index contributed by atoms with van der Waals surface area (Å²) in [6, 6.07) is 0. The Kier molecular flexibility index (Phi) is 4.24. The molecule has 0 aromatic heterocycles. The smallest absolute Gasteiger partial charge is 0.228 e. The minimum atomic E-state index is 0.0453. The van der Waals surface area contributed by atoms with E-state index in [2.05, 4.69) is 0 Å². The third kappa shape index (κ3) is 2.82. The van der Waals surface area contributed by atoms with Gasteiger partial charge in [0.2, 0.25) is 11.8 Å². The van der Waals surface area contributed by atoms with E-state index in [9.17, 15) is 9.59 Å². The molecular weight excluding hydrogens is 256 g/mol. The monoisotopic (exact) mass is 280 g/mol. The Labute approximate surface area is 120 Å². The molecule has 1 atom stereocenters. The summed E-state index contributed by atoms with van der Waals surface area (Å²) in [5.41, 5.74) is 0. The van der Waals surface area contributed by atoms with Crippen LogP contribution >= 0.6 is 0 Å². The Balaban J connectivity index is 1.53. The van der Waals surface area contributed by atoms with Crippen molar-refractivity contribution >= 4 is 11.8 Å². The molecule has 1 aliphatic carbocycles. The highest BCUT2D eigenvalue weighted by atomic mass is 16.5. The van der Waals surface area contributed by atoms with E-state index >= 15 is 0 Å². The maximum atomic E-state index is 12.4. The second kappa shape index (κ2) is 6.12. The van der Waals surface area contributed by atoms with Crippen molar-refractivity contribution in [2.24, 2.45) is 11.8 Å². The molecule has 0 aromatic carbocycles. The van der Waals surface area contributed by atoms with Gasteiger partial charge in [-0.25, -0.2) is 0 Å². The lowest BCUT2D eigenvalue weighted by Crippen LogP contribution is -2.42. The molecule has 3 rings (SSSR count). The lowest BCUT2D eigenvalue weighted by Gasteiger charge is -2.31. The summed E-state index contributed by atoms with van der Waals surface area (Å²) in [7, 11) is 0. The van der Waals surface area contributed by atoms with Crippen LogP contribution < -0.4 is 0 Å². The number of carbonyl (C=O) groups is 2. The number of nitrogens with zero attached hydrogens (tertiary/aromatic N) is 2. The van der Waals surface area contributed by atoms with E-state index < -0.39 is 0 Å². The van der Waals surface area contributed by atoms with Crippen molar-refractivity contribution in [2.45, 2.75) is 32.1 Å². The summed E-state index contributed by atoms with van der Waals surface area (Å²) in [6.45, 7) is 4.25. The zero-order valence-corrected chi connectivity index (χ0v) is 12.1. The van der Waals surface area contributed by atoms with Crippen LogP contribution in [-0.2, 0) is 14.3 Å². The van der Waals surface area contributed by atoms with Crippen molar-refractivity contribution in [3.05, 3.63) is 0 Å². The summed E-state index contributed by atoms with van der Waals surface area (Å²) in [5.74, 6) is 0.847. The van der Waals surface area contributed by atoms with Crippen LogP contribution in [0.25, 0.3) is 0 Å². The van der Waals surface area contributed by atoms with E-state index in [4.69, 9.17) is 4.74 Å². The van der Waals surface area contributed by atoms with E-state index in [1.54, 1.807) is 0 Å². The fourth-order valence-corrected chi connectivity index (χ4v) is 3.26. The molecule has 3 fully saturated rings. The number of hydrogen-bond donors (Lipinski definition) is 0. The van der Waals surface area contributed by atoms with Gasteiger partial charge in [0, 0.05) is 38.7 Å². The first-order valence-electron chi connectivity index (χ1n) is 7.91. The predicted octanol–water partition coefficient (Wildman–Crippen LogP) is 0.884. The highest BCUT2D eigenvalue weighted by molar-refractivity contribution is 5.81. The highest BCUT2D eigenvalue weighted by Gasteiger charge is 2.32. The van der Waals surface area contributed by atoms with Gasteiger partial charge in [0.15, 0.2) is 0 Å². The minimum Gasteiger partial charge on any atom is -0.381 e. The lowest BCUT2D eigenvalue weighted by atomic mass is 9.84. The molecule has 3 aliphatic rings. The van der Waals surface area contributed by atoms with E-state index in [-0.39, 0.29) is 17.7 Å². The van der Waals surface area contributed by atoms with Crippen molar-refractivity contribution in [1.82, 2.24) is 9.80 Å². The molecule has 2 amide bonds. The maximum absolute atomic E-state index is 12.4. The third-order valence-electron chi connectivity index (χ3n) is 4.85. The predicted molar refractivity (Wildman–Crippen MR) is 74.0 cm³/mol. The zero-order chi connectivity index (χ0) is 13.9. The Morgan fingerprint density at radius 3 is 1.95 bits per heavy atom. The minimum absolute atomic E-state index is 0.0453. The van der Waals surface area contributed by atoms with Crippen LogP contribution in [0.4, 0.5) is 0 Å². The molecule has 0 bridgehead atoms. The van der Waals surface area contributed by atoms with Gasteiger partial charge in [-0.05, 0) is 25.7 Å². The Bertz CT molecular complexity index is 375. The van der Waals surface area contributed by atoms with Crippen LogP contribution in [0, 0.1) is 11.8 Å². The topological polar surface area (TPSA) is 49.9 Å². The van der Waals surface area contributed by atoms with Gasteiger partial charge < -0.3 is 14.5 Å². The van der Waals surface area contributed by atoms with Gasteiger partial charge in [-0.1, -0.05) is 6.42 Å². The van der Waals surface area contributed by atoms with E-state index in [1.807, 2.05) is 9.80 Å². The number of ether oxygens (including phenoxy) is 1. The molecule has 2 saturated heterocycles. The summed E-state index contributed by atoms with van der Waals surface area (Å²) in [4.78, 5) is 28.6. The summed E-state index contributed by atoms with van der Waals surface area (Å²) in [5, 5.41) is 0. The molecule has 0 N–H and O–H groups in total.